The topological polar surface area (TPSA) is 61.8 Å². The summed E-state index contributed by atoms with van der Waals surface area (Å²) in [6.45, 7) is 6.33. The monoisotopic (exact) mass is 279 g/mol. The summed E-state index contributed by atoms with van der Waals surface area (Å²) in [4.78, 5) is 2.18. The van der Waals surface area contributed by atoms with Gasteiger partial charge in [-0.2, -0.15) is 0 Å². The van der Waals surface area contributed by atoms with Crippen LogP contribution in [0.1, 0.15) is 38.7 Å². The van der Waals surface area contributed by atoms with Crippen LogP contribution in [0.25, 0.3) is 0 Å². The van der Waals surface area contributed by atoms with Gasteiger partial charge < -0.3 is 15.8 Å². The first-order chi connectivity index (χ1) is 9.49. The molecule has 4 nitrogen and oxygen atoms in total. The molecule has 0 atom stereocenters. The molecule has 0 spiro atoms. The molecule has 0 bridgehead atoms. The third-order valence-corrected chi connectivity index (χ3v) is 4.51. The summed E-state index contributed by atoms with van der Waals surface area (Å²) in [7, 11) is 0. The molecule has 3 N–H and O–H groups in total. The zero-order valence-corrected chi connectivity index (χ0v) is 12.1. The smallest absolute Gasteiger partial charge is 0.172 e. The van der Waals surface area contributed by atoms with E-state index in [1.54, 1.807) is 6.07 Å². The fourth-order valence-corrected chi connectivity index (χ4v) is 2.68. The summed E-state index contributed by atoms with van der Waals surface area (Å²) in [6, 6.07) is 4.44. The summed E-state index contributed by atoms with van der Waals surface area (Å²) < 4.78 is 13.4. The van der Waals surface area contributed by atoms with Gasteiger partial charge in [-0.25, -0.2) is 4.39 Å². The van der Waals surface area contributed by atoms with Gasteiger partial charge in [-0.1, -0.05) is 25.4 Å². The molecule has 1 aromatic rings. The van der Waals surface area contributed by atoms with Crippen molar-refractivity contribution in [3.63, 3.8) is 0 Å². The van der Waals surface area contributed by atoms with Crippen LogP contribution >= 0.6 is 0 Å². The fraction of sp³-hybridized carbons (Fsp3) is 0.533. The summed E-state index contributed by atoms with van der Waals surface area (Å²) >= 11 is 0. The van der Waals surface area contributed by atoms with Crippen molar-refractivity contribution in [1.29, 1.82) is 0 Å². The second kappa shape index (κ2) is 5.69. The van der Waals surface area contributed by atoms with Gasteiger partial charge in [-0.15, -0.1) is 0 Å². The van der Waals surface area contributed by atoms with Gasteiger partial charge >= 0.3 is 0 Å². The highest BCUT2D eigenvalue weighted by atomic mass is 19.1. The van der Waals surface area contributed by atoms with E-state index in [9.17, 15) is 4.39 Å². The van der Waals surface area contributed by atoms with Crippen LogP contribution in [0.15, 0.2) is 23.4 Å². The third-order valence-electron chi connectivity index (χ3n) is 4.51. The van der Waals surface area contributed by atoms with Crippen molar-refractivity contribution in [2.24, 2.45) is 16.3 Å². The zero-order valence-electron chi connectivity index (χ0n) is 12.1. The molecular formula is C15H22FN3O. The van der Waals surface area contributed by atoms with Gasteiger partial charge in [-0.05, 0) is 36.5 Å². The van der Waals surface area contributed by atoms with E-state index in [-0.39, 0.29) is 11.7 Å². The number of nitrogens with zero attached hydrogens (tertiary/aromatic N) is 2. The molecule has 0 aliphatic carbocycles. The maximum absolute atomic E-state index is 13.4. The first kappa shape index (κ1) is 14.6. The number of hydrogen-bond acceptors (Lipinski definition) is 3. The molecule has 1 saturated heterocycles. The van der Waals surface area contributed by atoms with Gasteiger partial charge in [0.2, 0.25) is 0 Å². The Morgan fingerprint density at radius 2 is 2.10 bits per heavy atom. The standard InChI is InChI=1S/C15H22FN3O/c1-3-15(2)6-8-19(9-7-15)13-5-4-11(16)10-12(13)14(17)18-20/h4-5,10,20H,3,6-9H2,1-2H3,(H2,17,18). The van der Waals surface area contributed by atoms with Gasteiger partial charge in [-0.3, -0.25) is 0 Å². The van der Waals surface area contributed by atoms with Gasteiger partial charge in [0, 0.05) is 24.3 Å². The Morgan fingerprint density at radius 3 is 2.65 bits per heavy atom. The van der Waals surface area contributed by atoms with Crippen molar-refractivity contribution in [2.75, 3.05) is 18.0 Å². The highest BCUT2D eigenvalue weighted by Crippen LogP contribution is 2.36. The molecule has 110 valence electrons. The number of oxime groups is 1. The van der Waals surface area contributed by atoms with Crippen LogP contribution in [0.3, 0.4) is 0 Å². The van der Waals surface area contributed by atoms with Crippen LogP contribution in [-0.4, -0.2) is 24.1 Å². The lowest BCUT2D eigenvalue weighted by Gasteiger charge is -2.40. The summed E-state index contributed by atoms with van der Waals surface area (Å²) in [5.41, 5.74) is 7.32. The number of piperidine rings is 1. The Morgan fingerprint density at radius 1 is 1.45 bits per heavy atom. The molecule has 0 amide bonds. The molecule has 2 rings (SSSR count). The maximum Gasteiger partial charge on any atom is 0.172 e. The van der Waals surface area contributed by atoms with E-state index < -0.39 is 0 Å². The van der Waals surface area contributed by atoms with Crippen LogP contribution in [0, 0.1) is 11.2 Å². The van der Waals surface area contributed by atoms with E-state index in [0.29, 0.717) is 11.0 Å². The second-order valence-corrected chi connectivity index (χ2v) is 5.80. The highest BCUT2D eigenvalue weighted by Gasteiger charge is 2.29. The number of hydrogen-bond donors (Lipinski definition) is 2. The van der Waals surface area contributed by atoms with Crippen molar-refractivity contribution in [3.8, 4) is 0 Å². The molecular weight excluding hydrogens is 257 g/mol. The minimum Gasteiger partial charge on any atom is -0.409 e. The molecule has 1 aliphatic heterocycles. The maximum atomic E-state index is 13.4. The summed E-state index contributed by atoms with van der Waals surface area (Å²) in [5, 5.41) is 11.8. The Hall–Kier alpha value is -1.78. The lowest BCUT2D eigenvalue weighted by Crippen LogP contribution is -2.39. The average Bonchev–Trinajstić information content (AvgIpc) is 2.47. The number of anilines is 1. The van der Waals surface area contributed by atoms with Crippen LogP contribution in [0.2, 0.25) is 0 Å². The fourth-order valence-electron chi connectivity index (χ4n) is 2.68. The highest BCUT2D eigenvalue weighted by molar-refractivity contribution is 6.02. The Balaban J connectivity index is 2.26. The van der Waals surface area contributed by atoms with Gasteiger partial charge in [0.25, 0.3) is 0 Å². The molecule has 20 heavy (non-hydrogen) atoms. The van der Waals surface area contributed by atoms with Crippen LogP contribution in [-0.2, 0) is 0 Å². The van der Waals surface area contributed by atoms with E-state index >= 15 is 0 Å². The number of benzene rings is 1. The number of rotatable bonds is 3. The molecule has 1 aromatic carbocycles. The zero-order chi connectivity index (χ0) is 14.8. The molecule has 0 radical (unpaired) electrons. The molecule has 0 saturated carbocycles. The molecule has 1 fully saturated rings. The normalized spacial score (nSPS) is 19.1. The van der Waals surface area contributed by atoms with Crippen molar-refractivity contribution in [2.45, 2.75) is 33.1 Å². The Labute approximate surface area is 119 Å². The largest absolute Gasteiger partial charge is 0.409 e. The predicted octanol–water partition coefficient (Wildman–Crippen LogP) is 2.94. The number of halogens is 1. The van der Waals surface area contributed by atoms with Crippen LogP contribution < -0.4 is 10.6 Å². The van der Waals surface area contributed by atoms with Crippen molar-refractivity contribution in [1.82, 2.24) is 0 Å². The van der Waals surface area contributed by atoms with Crippen molar-refractivity contribution >= 4 is 11.5 Å². The molecule has 1 heterocycles. The quantitative estimate of drug-likeness (QED) is 0.387. The van der Waals surface area contributed by atoms with Crippen molar-refractivity contribution < 1.29 is 9.60 Å². The van der Waals surface area contributed by atoms with Crippen molar-refractivity contribution in [3.05, 3.63) is 29.6 Å². The average molecular weight is 279 g/mol. The van der Waals surface area contributed by atoms with E-state index in [1.165, 1.54) is 12.1 Å². The number of amidine groups is 1. The van der Waals surface area contributed by atoms with Crippen LogP contribution in [0.5, 0.6) is 0 Å². The molecule has 1 aliphatic rings. The van der Waals surface area contributed by atoms with E-state index in [2.05, 4.69) is 23.9 Å². The Bertz CT molecular complexity index is 508. The molecule has 0 unspecified atom stereocenters. The van der Waals surface area contributed by atoms with Gasteiger partial charge in [0.05, 0.1) is 0 Å². The summed E-state index contributed by atoms with van der Waals surface area (Å²) in [5.74, 6) is -0.436. The predicted molar refractivity (Wildman–Crippen MR) is 78.8 cm³/mol. The van der Waals surface area contributed by atoms with E-state index in [0.717, 1.165) is 38.0 Å². The van der Waals surface area contributed by atoms with E-state index in [4.69, 9.17) is 10.9 Å². The van der Waals surface area contributed by atoms with Crippen LogP contribution in [0.4, 0.5) is 10.1 Å². The van der Waals surface area contributed by atoms with Gasteiger partial charge in [0.15, 0.2) is 5.84 Å². The second-order valence-electron chi connectivity index (χ2n) is 5.80. The first-order valence-electron chi connectivity index (χ1n) is 7.01. The first-order valence-corrected chi connectivity index (χ1v) is 7.01. The molecule has 0 aromatic heterocycles. The minimum atomic E-state index is -0.384. The lowest BCUT2D eigenvalue weighted by atomic mass is 9.78. The lowest BCUT2D eigenvalue weighted by molar-refractivity contribution is 0.238. The summed E-state index contributed by atoms with van der Waals surface area (Å²) in [6.07, 6.45) is 3.35. The third kappa shape index (κ3) is 2.86. The van der Waals surface area contributed by atoms with Gasteiger partial charge in [0.1, 0.15) is 5.82 Å². The SMILES string of the molecule is CCC1(C)CCN(c2ccc(F)cc2C(N)=NO)CC1. The minimum absolute atomic E-state index is 0.0525. The molecule has 5 heteroatoms. The number of nitrogens with two attached hydrogens (primary N) is 1. The van der Waals surface area contributed by atoms with E-state index in [1.807, 2.05) is 0 Å². The Kier molecular flexibility index (Phi) is 4.16.